The van der Waals surface area contributed by atoms with Gasteiger partial charge in [-0.1, -0.05) is 48.0 Å². The zero-order valence-corrected chi connectivity index (χ0v) is 23.0. The van der Waals surface area contributed by atoms with Crippen molar-refractivity contribution < 1.29 is 23.9 Å². The number of alkyl carbamates (subject to hydrolysis) is 1. The van der Waals surface area contributed by atoms with E-state index in [9.17, 15) is 19.2 Å². The van der Waals surface area contributed by atoms with E-state index in [4.69, 9.17) is 10.5 Å². The third-order valence-electron chi connectivity index (χ3n) is 6.24. The van der Waals surface area contributed by atoms with Crippen LogP contribution in [-0.2, 0) is 19.1 Å². The molecule has 2 aromatic carbocycles. The van der Waals surface area contributed by atoms with Gasteiger partial charge < -0.3 is 26.0 Å². The van der Waals surface area contributed by atoms with E-state index in [0.717, 1.165) is 16.7 Å². The van der Waals surface area contributed by atoms with Crippen LogP contribution in [0.1, 0.15) is 68.3 Å². The summed E-state index contributed by atoms with van der Waals surface area (Å²) in [7, 11) is 0. The van der Waals surface area contributed by atoms with Crippen LogP contribution in [0.3, 0.4) is 0 Å². The molecule has 0 heterocycles. The molecule has 4 N–H and O–H groups in total. The highest BCUT2D eigenvalue weighted by Crippen LogP contribution is 2.37. The Morgan fingerprint density at radius 3 is 2.08 bits per heavy atom. The number of primary amides is 1. The summed E-state index contributed by atoms with van der Waals surface area (Å²) in [6.45, 7) is 10.8. The lowest BCUT2D eigenvalue weighted by molar-refractivity contribution is -0.142. The average Bonchev–Trinajstić information content (AvgIpc) is 3.63. The van der Waals surface area contributed by atoms with Gasteiger partial charge >= 0.3 is 6.09 Å². The molecule has 2 aromatic rings. The van der Waals surface area contributed by atoms with Crippen molar-refractivity contribution in [2.24, 2.45) is 5.73 Å². The highest BCUT2D eigenvalue weighted by molar-refractivity contribution is 6.00. The summed E-state index contributed by atoms with van der Waals surface area (Å²) in [4.78, 5) is 53.9. The Labute approximate surface area is 224 Å². The maximum atomic E-state index is 14.0. The van der Waals surface area contributed by atoms with Crippen LogP contribution in [0.5, 0.6) is 0 Å². The lowest BCUT2D eigenvalue weighted by atomic mass is 10.00. The maximum absolute atomic E-state index is 14.0. The molecule has 0 radical (unpaired) electrons. The van der Waals surface area contributed by atoms with Crippen LogP contribution in [0.2, 0.25) is 0 Å². The summed E-state index contributed by atoms with van der Waals surface area (Å²) >= 11 is 0. The molecule has 4 amide bonds. The van der Waals surface area contributed by atoms with Gasteiger partial charge in [-0.05, 0) is 71.1 Å². The van der Waals surface area contributed by atoms with Crippen molar-refractivity contribution >= 4 is 29.5 Å². The van der Waals surface area contributed by atoms with E-state index in [-0.39, 0.29) is 11.9 Å². The van der Waals surface area contributed by atoms with E-state index in [2.05, 4.69) is 10.6 Å². The summed E-state index contributed by atoms with van der Waals surface area (Å²) in [6, 6.07) is 10.6. The second kappa shape index (κ2) is 11.7. The molecule has 2 atom stereocenters. The smallest absolute Gasteiger partial charge is 0.408 e. The number of amides is 4. The number of anilines is 1. The number of rotatable bonds is 9. The Kier molecular flexibility index (Phi) is 8.81. The van der Waals surface area contributed by atoms with Crippen molar-refractivity contribution in [3.8, 4) is 0 Å². The number of nitrogens with two attached hydrogens (primary N) is 1. The van der Waals surface area contributed by atoms with Crippen LogP contribution >= 0.6 is 0 Å². The quantitative estimate of drug-likeness (QED) is 0.457. The van der Waals surface area contributed by atoms with Crippen LogP contribution < -0.4 is 16.4 Å². The Morgan fingerprint density at radius 1 is 1.00 bits per heavy atom. The van der Waals surface area contributed by atoms with E-state index >= 15 is 0 Å². The van der Waals surface area contributed by atoms with Gasteiger partial charge in [0.25, 0.3) is 5.91 Å². The minimum atomic E-state index is -1.29. The van der Waals surface area contributed by atoms with Gasteiger partial charge in [0.2, 0.25) is 11.8 Å². The zero-order chi connectivity index (χ0) is 28.2. The molecule has 0 aromatic heterocycles. The van der Waals surface area contributed by atoms with Gasteiger partial charge in [-0.2, -0.15) is 0 Å². The van der Waals surface area contributed by atoms with Gasteiger partial charge in [-0.3, -0.25) is 14.4 Å². The number of nitrogens with one attached hydrogen (secondary N) is 2. The molecule has 1 saturated carbocycles. The molecule has 0 bridgehead atoms. The Balaban J connectivity index is 2.01. The fourth-order valence-corrected chi connectivity index (χ4v) is 4.29. The molecule has 204 valence electrons. The van der Waals surface area contributed by atoms with E-state index in [1.807, 2.05) is 63.2 Å². The highest BCUT2D eigenvalue weighted by Gasteiger charge is 2.44. The van der Waals surface area contributed by atoms with Crippen LogP contribution in [0.15, 0.2) is 42.5 Å². The van der Waals surface area contributed by atoms with E-state index in [1.54, 1.807) is 20.8 Å². The Bertz CT molecular complexity index is 1180. The number of ether oxygens (including phenoxy) is 1. The second-order valence-electron chi connectivity index (χ2n) is 10.9. The van der Waals surface area contributed by atoms with Gasteiger partial charge in [0, 0.05) is 11.7 Å². The largest absolute Gasteiger partial charge is 0.444 e. The predicted molar refractivity (Wildman–Crippen MR) is 145 cm³/mol. The number of aryl methyl sites for hydroxylation is 3. The number of hydrogen-bond donors (Lipinski definition) is 3. The average molecular weight is 523 g/mol. The monoisotopic (exact) mass is 522 g/mol. The molecule has 1 aliphatic carbocycles. The van der Waals surface area contributed by atoms with Crippen molar-refractivity contribution in [3.63, 3.8) is 0 Å². The van der Waals surface area contributed by atoms with Crippen molar-refractivity contribution in [1.82, 2.24) is 10.2 Å². The fraction of sp³-hybridized carbons (Fsp3) is 0.448. The predicted octanol–water partition coefficient (Wildman–Crippen LogP) is 4.05. The summed E-state index contributed by atoms with van der Waals surface area (Å²) in [6.07, 6.45) is 0.112. The molecule has 1 aliphatic rings. The SMILES string of the molecule is Cc1ccc(C(C(=O)Nc2c(C)cccc2C)N(C(=O)C(CC(N)=O)NC(=O)OC(C)(C)C)C2CC2)cc1. The molecule has 38 heavy (non-hydrogen) atoms. The summed E-state index contributed by atoms with van der Waals surface area (Å²) in [5.74, 6) is -1.72. The number of carbonyl (C=O) groups is 4. The molecule has 0 aliphatic heterocycles. The topological polar surface area (TPSA) is 131 Å². The number of nitrogens with zero attached hydrogens (tertiary/aromatic N) is 1. The third-order valence-corrected chi connectivity index (χ3v) is 6.24. The summed E-state index contributed by atoms with van der Waals surface area (Å²) < 4.78 is 5.31. The molecular weight excluding hydrogens is 484 g/mol. The first-order valence-electron chi connectivity index (χ1n) is 12.8. The molecule has 1 fully saturated rings. The number of carbonyl (C=O) groups excluding carboxylic acids is 4. The van der Waals surface area contributed by atoms with Crippen LogP contribution in [0, 0.1) is 20.8 Å². The molecular formula is C29H38N4O5. The van der Waals surface area contributed by atoms with Crippen molar-refractivity contribution in [1.29, 1.82) is 0 Å². The van der Waals surface area contributed by atoms with Crippen LogP contribution in [0.4, 0.5) is 10.5 Å². The summed E-state index contributed by atoms with van der Waals surface area (Å²) in [5.41, 5.74) is 8.72. The van der Waals surface area contributed by atoms with Crippen LogP contribution in [0.25, 0.3) is 0 Å². The first kappa shape index (κ1) is 28.7. The summed E-state index contributed by atoms with van der Waals surface area (Å²) in [5, 5.41) is 5.53. The molecule has 9 heteroatoms. The lowest BCUT2D eigenvalue weighted by Crippen LogP contribution is -2.54. The number of para-hydroxylation sites is 1. The molecule has 2 unspecified atom stereocenters. The van der Waals surface area contributed by atoms with Gasteiger partial charge in [0.15, 0.2) is 0 Å². The molecule has 0 spiro atoms. The van der Waals surface area contributed by atoms with Gasteiger partial charge in [0.1, 0.15) is 17.7 Å². The lowest BCUT2D eigenvalue weighted by Gasteiger charge is -2.34. The minimum absolute atomic E-state index is 0.228. The second-order valence-corrected chi connectivity index (χ2v) is 10.9. The molecule has 0 saturated heterocycles. The Hall–Kier alpha value is -3.88. The van der Waals surface area contributed by atoms with E-state index < -0.39 is 42.0 Å². The van der Waals surface area contributed by atoms with Gasteiger partial charge in [-0.25, -0.2) is 4.79 Å². The molecule has 9 nitrogen and oxygen atoms in total. The zero-order valence-electron chi connectivity index (χ0n) is 23.0. The third kappa shape index (κ3) is 7.57. The van der Waals surface area contributed by atoms with Crippen LogP contribution in [-0.4, -0.2) is 46.4 Å². The first-order valence-corrected chi connectivity index (χ1v) is 12.8. The van der Waals surface area contributed by atoms with Crippen molar-refractivity contribution in [2.75, 3.05) is 5.32 Å². The van der Waals surface area contributed by atoms with Gasteiger partial charge in [-0.15, -0.1) is 0 Å². The van der Waals surface area contributed by atoms with E-state index in [1.165, 1.54) is 4.90 Å². The maximum Gasteiger partial charge on any atom is 0.408 e. The Morgan fingerprint density at radius 2 is 1.58 bits per heavy atom. The first-order chi connectivity index (χ1) is 17.8. The number of benzene rings is 2. The highest BCUT2D eigenvalue weighted by atomic mass is 16.6. The minimum Gasteiger partial charge on any atom is -0.444 e. The van der Waals surface area contributed by atoms with E-state index in [0.29, 0.717) is 24.1 Å². The standard InChI is InChI=1S/C29H38N4O5/c1-17-10-12-20(13-11-17)25(26(35)32-24-18(2)8-7-9-19(24)3)33(21-14-15-21)27(36)22(16-23(30)34)31-28(37)38-29(4,5)6/h7-13,21-22,25H,14-16H2,1-6H3,(H2,30,34)(H,31,37)(H,32,35). The normalized spacial score (nSPS) is 14.7. The van der Waals surface area contributed by atoms with Crippen molar-refractivity contribution in [2.45, 2.75) is 84.5 Å². The van der Waals surface area contributed by atoms with Crippen molar-refractivity contribution in [3.05, 3.63) is 64.7 Å². The van der Waals surface area contributed by atoms with Gasteiger partial charge in [0.05, 0.1) is 6.42 Å². The molecule has 3 rings (SSSR count). The number of hydrogen-bond acceptors (Lipinski definition) is 5. The fourth-order valence-electron chi connectivity index (χ4n) is 4.29.